The Kier molecular flexibility index (Phi) is 5.59. The molecule has 18 heavy (non-hydrogen) atoms. The molecule has 5 heteroatoms. The zero-order chi connectivity index (χ0) is 13.6. The summed E-state index contributed by atoms with van der Waals surface area (Å²) in [5.41, 5.74) is -0.469. The van der Waals surface area contributed by atoms with Gasteiger partial charge in [0.1, 0.15) is 6.54 Å². The molecule has 0 saturated carbocycles. The van der Waals surface area contributed by atoms with E-state index in [1.165, 1.54) is 7.11 Å². The van der Waals surface area contributed by atoms with Crippen molar-refractivity contribution in [3.05, 3.63) is 0 Å². The minimum atomic E-state index is -0.469. The molecular formula is C13H24N2O3. The second kappa shape index (κ2) is 6.73. The third-order valence-corrected chi connectivity index (χ3v) is 3.59. The van der Waals surface area contributed by atoms with Gasteiger partial charge < -0.3 is 15.0 Å². The fraction of sp³-hybridized carbons (Fsp3) is 0.846. The van der Waals surface area contributed by atoms with Crippen LogP contribution in [0.4, 0.5) is 0 Å². The molecule has 1 amide bonds. The molecule has 0 aromatic carbocycles. The van der Waals surface area contributed by atoms with Gasteiger partial charge in [-0.1, -0.05) is 13.8 Å². The highest BCUT2D eigenvalue weighted by atomic mass is 16.5. The number of hydrogen-bond donors (Lipinski definition) is 1. The summed E-state index contributed by atoms with van der Waals surface area (Å²) in [5.74, 6) is -0.323. The molecule has 0 aliphatic carbocycles. The predicted octanol–water partition coefficient (Wildman–Crippen LogP) is 0.930. The van der Waals surface area contributed by atoms with E-state index >= 15 is 0 Å². The molecule has 1 saturated heterocycles. The number of amides is 1. The average Bonchev–Trinajstić information content (AvgIpc) is 2.87. The summed E-state index contributed by atoms with van der Waals surface area (Å²) >= 11 is 0. The predicted molar refractivity (Wildman–Crippen MR) is 69.1 cm³/mol. The summed E-state index contributed by atoms with van der Waals surface area (Å²) in [6, 6.07) is 0. The van der Waals surface area contributed by atoms with Crippen LogP contribution in [-0.2, 0) is 14.3 Å². The first-order valence-electron chi connectivity index (χ1n) is 6.71. The summed E-state index contributed by atoms with van der Waals surface area (Å²) in [6.45, 7) is 5.53. The Morgan fingerprint density at radius 3 is 2.56 bits per heavy atom. The topological polar surface area (TPSA) is 58.6 Å². The molecule has 1 heterocycles. The fourth-order valence-electron chi connectivity index (χ4n) is 2.49. The van der Waals surface area contributed by atoms with Crippen LogP contribution in [0.3, 0.4) is 0 Å². The minimum absolute atomic E-state index is 0.0368. The van der Waals surface area contributed by atoms with Gasteiger partial charge in [0.2, 0.25) is 5.91 Å². The van der Waals surface area contributed by atoms with Crippen molar-refractivity contribution < 1.29 is 14.3 Å². The van der Waals surface area contributed by atoms with Gasteiger partial charge in [0, 0.05) is 6.54 Å². The van der Waals surface area contributed by atoms with E-state index in [1.807, 2.05) is 13.8 Å². The van der Waals surface area contributed by atoms with Crippen LogP contribution in [0.1, 0.15) is 39.5 Å². The number of methoxy groups -OCH3 is 1. The van der Waals surface area contributed by atoms with Gasteiger partial charge in [-0.15, -0.1) is 0 Å². The summed E-state index contributed by atoms with van der Waals surface area (Å²) in [6.07, 6.45) is 3.46. The van der Waals surface area contributed by atoms with Crippen LogP contribution in [0, 0.1) is 0 Å². The van der Waals surface area contributed by atoms with E-state index in [4.69, 9.17) is 0 Å². The number of nitrogens with zero attached hydrogens (tertiary/aromatic N) is 1. The third-order valence-electron chi connectivity index (χ3n) is 3.59. The summed E-state index contributed by atoms with van der Waals surface area (Å²) in [5, 5.41) is 3.31. The molecule has 1 aliphatic rings. The number of carbonyl (C=O) groups is 2. The van der Waals surface area contributed by atoms with Crippen LogP contribution < -0.4 is 5.32 Å². The molecular weight excluding hydrogens is 232 g/mol. The minimum Gasteiger partial charge on any atom is -0.468 e. The molecule has 1 unspecified atom stereocenters. The Morgan fingerprint density at radius 1 is 1.39 bits per heavy atom. The number of ether oxygens (including phenoxy) is 1. The second-order valence-electron chi connectivity index (χ2n) is 4.77. The molecule has 0 aromatic rings. The molecule has 1 atom stereocenters. The van der Waals surface area contributed by atoms with E-state index in [-0.39, 0.29) is 18.4 Å². The molecule has 1 N–H and O–H groups in total. The van der Waals surface area contributed by atoms with Crippen LogP contribution in [0.25, 0.3) is 0 Å². The first kappa shape index (κ1) is 15.0. The zero-order valence-corrected chi connectivity index (χ0v) is 11.6. The fourth-order valence-corrected chi connectivity index (χ4v) is 2.49. The van der Waals surface area contributed by atoms with E-state index < -0.39 is 5.54 Å². The van der Waals surface area contributed by atoms with Gasteiger partial charge in [0.05, 0.1) is 12.6 Å². The molecule has 5 nitrogen and oxygen atoms in total. The van der Waals surface area contributed by atoms with Gasteiger partial charge in [-0.2, -0.15) is 0 Å². The van der Waals surface area contributed by atoms with Crippen molar-refractivity contribution in [1.29, 1.82) is 0 Å². The van der Waals surface area contributed by atoms with Gasteiger partial charge in [-0.3, -0.25) is 9.59 Å². The Balaban J connectivity index is 2.77. The Labute approximate surface area is 109 Å². The first-order valence-corrected chi connectivity index (χ1v) is 6.71. The Bertz CT molecular complexity index is 299. The lowest BCUT2D eigenvalue weighted by Crippen LogP contribution is -2.55. The molecule has 0 aromatic heterocycles. The SMILES string of the molecule is CCCN(CC(=O)OC)C(=O)C1(CC)CCCN1. The van der Waals surface area contributed by atoms with E-state index in [1.54, 1.807) is 4.90 Å². The molecule has 1 fully saturated rings. The third kappa shape index (κ3) is 3.22. The highest BCUT2D eigenvalue weighted by molar-refractivity contribution is 5.89. The Hall–Kier alpha value is -1.10. The van der Waals surface area contributed by atoms with Gasteiger partial charge in [0.25, 0.3) is 0 Å². The van der Waals surface area contributed by atoms with E-state index in [9.17, 15) is 9.59 Å². The van der Waals surface area contributed by atoms with Crippen molar-refractivity contribution in [3.63, 3.8) is 0 Å². The van der Waals surface area contributed by atoms with Crippen LogP contribution in [0.5, 0.6) is 0 Å². The summed E-state index contributed by atoms with van der Waals surface area (Å²) in [4.78, 5) is 25.6. The van der Waals surface area contributed by atoms with Crippen molar-refractivity contribution in [3.8, 4) is 0 Å². The van der Waals surface area contributed by atoms with Crippen molar-refractivity contribution >= 4 is 11.9 Å². The van der Waals surface area contributed by atoms with Gasteiger partial charge in [-0.05, 0) is 32.2 Å². The van der Waals surface area contributed by atoms with Gasteiger partial charge >= 0.3 is 5.97 Å². The highest BCUT2D eigenvalue weighted by Crippen LogP contribution is 2.25. The lowest BCUT2D eigenvalue weighted by molar-refractivity contribution is -0.149. The average molecular weight is 256 g/mol. The molecule has 1 rings (SSSR count). The van der Waals surface area contributed by atoms with Crippen molar-refractivity contribution in [2.24, 2.45) is 0 Å². The largest absolute Gasteiger partial charge is 0.468 e. The van der Waals surface area contributed by atoms with Crippen LogP contribution in [-0.4, -0.2) is 49.1 Å². The summed E-state index contributed by atoms with van der Waals surface area (Å²) in [7, 11) is 1.35. The van der Waals surface area contributed by atoms with E-state index in [0.717, 1.165) is 32.2 Å². The Morgan fingerprint density at radius 2 is 2.11 bits per heavy atom. The van der Waals surface area contributed by atoms with E-state index in [0.29, 0.717) is 6.54 Å². The highest BCUT2D eigenvalue weighted by Gasteiger charge is 2.41. The van der Waals surface area contributed by atoms with Crippen LogP contribution in [0.15, 0.2) is 0 Å². The van der Waals surface area contributed by atoms with Crippen LogP contribution >= 0.6 is 0 Å². The van der Waals surface area contributed by atoms with Gasteiger partial charge in [0.15, 0.2) is 0 Å². The second-order valence-corrected chi connectivity index (χ2v) is 4.77. The summed E-state index contributed by atoms with van der Waals surface area (Å²) < 4.78 is 4.65. The lowest BCUT2D eigenvalue weighted by Gasteiger charge is -2.33. The van der Waals surface area contributed by atoms with Gasteiger partial charge in [-0.25, -0.2) is 0 Å². The van der Waals surface area contributed by atoms with Crippen molar-refractivity contribution in [1.82, 2.24) is 10.2 Å². The standard InChI is InChI=1S/C13H24N2O3/c1-4-9-15(10-11(16)18-3)12(17)13(5-2)7-6-8-14-13/h14H,4-10H2,1-3H3. The van der Waals surface area contributed by atoms with E-state index in [2.05, 4.69) is 10.1 Å². The molecule has 0 bridgehead atoms. The number of hydrogen-bond acceptors (Lipinski definition) is 4. The van der Waals surface area contributed by atoms with Crippen molar-refractivity contribution in [2.45, 2.75) is 45.1 Å². The lowest BCUT2D eigenvalue weighted by atomic mass is 9.92. The molecule has 104 valence electrons. The van der Waals surface area contributed by atoms with Crippen molar-refractivity contribution in [2.75, 3.05) is 26.7 Å². The number of rotatable bonds is 6. The zero-order valence-electron chi connectivity index (χ0n) is 11.6. The first-order chi connectivity index (χ1) is 8.59. The normalized spacial score (nSPS) is 22.8. The van der Waals surface area contributed by atoms with Crippen LogP contribution in [0.2, 0.25) is 0 Å². The maximum Gasteiger partial charge on any atom is 0.325 e. The number of esters is 1. The monoisotopic (exact) mass is 256 g/mol. The molecule has 0 spiro atoms. The smallest absolute Gasteiger partial charge is 0.325 e. The number of carbonyl (C=O) groups excluding carboxylic acids is 2. The maximum atomic E-state index is 12.6. The maximum absolute atomic E-state index is 12.6. The molecule has 1 aliphatic heterocycles. The molecule has 0 radical (unpaired) electrons. The number of nitrogens with one attached hydrogen (secondary N) is 1. The quantitative estimate of drug-likeness (QED) is 0.718.